The molecule has 7 heteroatoms. The molecule has 0 bridgehead atoms. The third-order valence-corrected chi connectivity index (χ3v) is 5.28. The van der Waals surface area contributed by atoms with Crippen LogP contribution in [0, 0.1) is 0 Å². The van der Waals surface area contributed by atoms with Crippen LogP contribution in [0.2, 0.25) is 0 Å². The average Bonchev–Trinajstić information content (AvgIpc) is 3.30. The van der Waals surface area contributed by atoms with Crippen LogP contribution in [0.25, 0.3) is 11.3 Å². The number of benzene rings is 1. The summed E-state index contributed by atoms with van der Waals surface area (Å²) in [6.45, 7) is 1.55. The molecular weight excluding hydrogens is 463 g/mol. The maximum atomic E-state index is 4.68. The van der Waals surface area contributed by atoms with Crippen molar-refractivity contribution in [3.63, 3.8) is 0 Å². The van der Waals surface area contributed by atoms with Crippen LogP contribution in [0.3, 0.4) is 0 Å². The number of halogens is 1. The van der Waals surface area contributed by atoms with Crippen LogP contribution in [0.4, 0.5) is 0 Å². The van der Waals surface area contributed by atoms with Gasteiger partial charge in [0.25, 0.3) is 0 Å². The highest BCUT2D eigenvalue weighted by Gasteiger charge is 2.05. The van der Waals surface area contributed by atoms with Gasteiger partial charge in [0, 0.05) is 29.4 Å². The molecule has 0 saturated heterocycles. The van der Waals surface area contributed by atoms with Gasteiger partial charge in [-0.1, -0.05) is 36.4 Å². The highest BCUT2D eigenvalue weighted by atomic mass is 127. The second-order valence-electron chi connectivity index (χ2n) is 5.17. The third kappa shape index (κ3) is 6.09. The van der Waals surface area contributed by atoms with Crippen LogP contribution in [0.5, 0.6) is 0 Å². The zero-order chi connectivity index (χ0) is 16.6. The lowest BCUT2D eigenvalue weighted by atomic mass is 10.2. The average molecular weight is 484 g/mol. The second kappa shape index (κ2) is 10.5. The molecule has 132 valence electrons. The lowest BCUT2D eigenvalue weighted by molar-refractivity contribution is 0.796. The Kier molecular flexibility index (Phi) is 8.36. The van der Waals surface area contributed by atoms with Crippen LogP contribution in [0.1, 0.15) is 9.88 Å². The summed E-state index contributed by atoms with van der Waals surface area (Å²) in [5.74, 6) is 0.808. The van der Waals surface area contributed by atoms with E-state index in [1.807, 2.05) is 18.2 Å². The predicted molar refractivity (Wildman–Crippen MR) is 119 cm³/mol. The molecule has 2 aromatic heterocycles. The van der Waals surface area contributed by atoms with E-state index in [1.165, 1.54) is 4.88 Å². The van der Waals surface area contributed by atoms with Crippen molar-refractivity contribution >= 4 is 52.6 Å². The summed E-state index contributed by atoms with van der Waals surface area (Å²) in [6.07, 6.45) is 1.01. The number of aromatic nitrogens is 1. The summed E-state index contributed by atoms with van der Waals surface area (Å²) in [6, 6.07) is 14.5. The van der Waals surface area contributed by atoms with Crippen molar-refractivity contribution < 1.29 is 0 Å². The monoisotopic (exact) mass is 484 g/mol. The normalized spacial score (nSPS) is 11.0. The highest BCUT2D eigenvalue weighted by molar-refractivity contribution is 14.0. The smallest absolute Gasteiger partial charge is 0.191 e. The Morgan fingerprint density at radius 2 is 1.92 bits per heavy atom. The molecule has 0 radical (unpaired) electrons. The quantitative estimate of drug-likeness (QED) is 0.310. The van der Waals surface area contributed by atoms with Gasteiger partial charge in [0.05, 0.1) is 12.2 Å². The first kappa shape index (κ1) is 19.9. The van der Waals surface area contributed by atoms with E-state index in [9.17, 15) is 0 Å². The zero-order valence-electron chi connectivity index (χ0n) is 13.9. The van der Waals surface area contributed by atoms with E-state index in [1.54, 1.807) is 29.7 Å². The summed E-state index contributed by atoms with van der Waals surface area (Å²) in [4.78, 5) is 10.3. The van der Waals surface area contributed by atoms with E-state index in [0.717, 1.165) is 35.2 Å². The van der Waals surface area contributed by atoms with Crippen LogP contribution in [-0.4, -0.2) is 24.5 Å². The van der Waals surface area contributed by atoms with Crippen molar-refractivity contribution in [2.24, 2.45) is 4.99 Å². The first-order valence-electron chi connectivity index (χ1n) is 7.82. The number of hydrogen-bond donors (Lipinski definition) is 2. The molecule has 0 aliphatic carbocycles. The summed E-state index contributed by atoms with van der Waals surface area (Å²) >= 11 is 3.45. The van der Waals surface area contributed by atoms with Gasteiger partial charge in [-0.15, -0.1) is 46.7 Å². The number of hydrogen-bond acceptors (Lipinski definition) is 4. The fourth-order valence-corrected chi connectivity index (χ4v) is 3.72. The van der Waals surface area contributed by atoms with Crippen LogP contribution in [0.15, 0.2) is 58.2 Å². The lowest BCUT2D eigenvalue weighted by Crippen LogP contribution is -2.37. The number of thiophene rings is 1. The molecule has 3 aromatic rings. The number of guanidine groups is 1. The fraction of sp³-hybridized carbons (Fsp3) is 0.222. The van der Waals surface area contributed by atoms with Crippen molar-refractivity contribution in [2.45, 2.75) is 13.0 Å². The fourth-order valence-electron chi connectivity index (χ4n) is 2.27. The van der Waals surface area contributed by atoms with E-state index in [4.69, 9.17) is 0 Å². The maximum Gasteiger partial charge on any atom is 0.191 e. The SMILES string of the molecule is CN=C(NCCc1cccs1)NCc1nc(-c2ccccc2)cs1.I. The Bertz CT molecular complexity index is 769. The Labute approximate surface area is 173 Å². The number of rotatable bonds is 6. The molecular formula is C18H21IN4S2. The topological polar surface area (TPSA) is 49.3 Å². The molecule has 25 heavy (non-hydrogen) atoms. The molecule has 0 aliphatic heterocycles. The van der Waals surface area contributed by atoms with E-state index < -0.39 is 0 Å². The zero-order valence-corrected chi connectivity index (χ0v) is 17.9. The van der Waals surface area contributed by atoms with Gasteiger partial charge in [-0.3, -0.25) is 4.99 Å². The van der Waals surface area contributed by atoms with Crippen molar-refractivity contribution in [1.29, 1.82) is 0 Å². The molecule has 0 fully saturated rings. The van der Waals surface area contributed by atoms with Crippen molar-refractivity contribution in [1.82, 2.24) is 15.6 Å². The van der Waals surface area contributed by atoms with Crippen LogP contribution < -0.4 is 10.6 Å². The molecule has 0 amide bonds. The number of nitrogens with zero attached hydrogens (tertiary/aromatic N) is 2. The first-order valence-corrected chi connectivity index (χ1v) is 9.58. The van der Waals surface area contributed by atoms with Crippen LogP contribution >= 0.6 is 46.7 Å². The largest absolute Gasteiger partial charge is 0.356 e. The molecule has 0 unspecified atom stereocenters. The van der Waals surface area contributed by atoms with Gasteiger partial charge < -0.3 is 10.6 Å². The van der Waals surface area contributed by atoms with E-state index >= 15 is 0 Å². The second-order valence-corrected chi connectivity index (χ2v) is 7.15. The number of thiazole rings is 1. The minimum Gasteiger partial charge on any atom is -0.356 e. The molecule has 2 heterocycles. The van der Waals surface area contributed by atoms with E-state index in [0.29, 0.717) is 6.54 Å². The van der Waals surface area contributed by atoms with Gasteiger partial charge >= 0.3 is 0 Å². The van der Waals surface area contributed by atoms with Crippen molar-refractivity contribution in [3.8, 4) is 11.3 Å². The number of nitrogens with one attached hydrogen (secondary N) is 2. The van der Waals surface area contributed by atoms with Gasteiger partial charge in [-0.25, -0.2) is 4.98 Å². The lowest BCUT2D eigenvalue weighted by Gasteiger charge is -2.10. The predicted octanol–water partition coefficient (Wildman–Crippen LogP) is 4.40. The molecule has 3 rings (SSSR count). The Balaban J connectivity index is 0.00000225. The van der Waals surface area contributed by atoms with E-state index in [2.05, 4.69) is 55.6 Å². The van der Waals surface area contributed by atoms with Gasteiger partial charge in [0.15, 0.2) is 5.96 Å². The van der Waals surface area contributed by atoms with Crippen molar-refractivity contribution in [3.05, 3.63) is 63.1 Å². The van der Waals surface area contributed by atoms with Gasteiger partial charge in [0.1, 0.15) is 5.01 Å². The molecule has 4 nitrogen and oxygen atoms in total. The van der Waals surface area contributed by atoms with Gasteiger partial charge in [-0.05, 0) is 17.9 Å². The minimum absolute atomic E-state index is 0. The Morgan fingerprint density at radius 1 is 1.08 bits per heavy atom. The van der Waals surface area contributed by atoms with Crippen LogP contribution in [-0.2, 0) is 13.0 Å². The minimum atomic E-state index is 0. The molecule has 1 aromatic carbocycles. The highest BCUT2D eigenvalue weighted by Crippen LogP contribution is 2.21. The molecule has 0 saturated carbocycles. The molecule has 0 aliphatic rings. The van der Waals surface area contributed by atoms with Gasteiger partial charge in [0.2, 0.25) is 0 Å². The Hall–Kier alpha value is -1.45. The maximum absolute atomic E-state index is 4.68. The first-order chi connectivity index (χ1) is 11.8. The molecule has 2 N–H and O–H groups in total. The van der Waals surface area contributed by atoms with Gasteiger partial charge in [-0.2, -0.15) is 0 Å². The summed E-state index contributed by atoms with van der Waals surface area (Å²) in [5.41, 5.74) is 2.18. The molecule has 0 spiro atoms. The summed E-state index contributed by atoms with van der Waals surface area (Å²) < 4.78 is 0. The van der Waals surface area contributed by atoms with Crippen molar-refractivity contribution in [2.75, 3.05) is 13.6 Å². The standard InChI is InChI=1S/C18H20N4S2.HI/c1-19-18(20-10-9-15-8-5-11-23-15)21-12-17-22-16(13-24-17)14-6-3-2-4-7-14;/h2-8,11,13H,9-10,12H2,1H3,(H2,19,20,21);1H. The Morgan fingerprint density at radius 3 is 2.64 bits per heavy atom. The third-order valence-electron chi connectivity index (χ3n) is 3.50. The molecule has 0 atom stereocenters. The summed E-state index contributed by atoms with van der Waals surface area (Å²) in [5, 5.41) is 11.9. The number of aliphatic imine (C=N–C) groups is 1. The summed E-state index contributed by atoms with van der Waals surface area (Å²) in [7, 11) is 1.79. The van der Waals surface area contributed by atoms with E-state index in [-0.39, 0.29) is 24.0 Å².